The van der Waals surface area contributed by atoms with Crippen molar-refractivity contribution in [2.75, 3.05) is 32.7 Å². The first-order valence-electron chi connectivity index (χ1n) is 10.00. The van der Waals surface area contributed by atoms with Crippen molar-refractivity contribution < 1.29 is 9.90 Å². The van der Waals surface area contributed by atoms with E-state index >= 15 is 0 Å². The molecule has 28 heavy (non-hydrogen) atoms. The number of hydrogen-bond donors (Lipinski definition) is 3. The Bertz CT molecular complexity index is 821. The molecule has 0 radical (unpaired) electrons. The number of H-pyrrole nitrogens is 1. The number of likely N-dealkylation sites (tertiary alicyclic amines) is 1. The molecule has 2 saturated heterocycles. The number of nitrogens with zero attached hydrogens (tertiary/aromatic N) is 2. The number of aromatic amines is 1. The molecule has 0 unspecified atom stereocenters. The fourth-order valence-corrected chi connectivity index (χ4v) is 4.32. The van der Waals surface area contributed by atoms with Crippen LogP contribution in [0.25, 0.3) is 17.0 Å². The van der Waals surface area contributed by atoms with Crippen LogP contribution in [-0.4, -0.2) is 58.9 Å². The van der Waals surface area contributed by atoms with Gasteiger partial charge >= 0.3 is 5.97 Å². The van der Waals surface area contributed by atoms with Crippen molar-refractivity contribution in [3.8, 4) is 0 Å². The lowest BCUT2D eigenvalue weighted by Gasteiger charge is -2.30. The van der Waals surface area contributed by atoms with Crippen molar-refractivity contribution in [1.29, 1.82) is 0 Å². The summed E-state index contributed by atoms with van der Waals surface area (Å²) in [5.74, 6) is 0.356. The van der Waals surface area contributed by atoms with Crippen molar-refractivity contribution in [2.24, 2.45) is 5.92 Å². The van der Waals surface area contributed by atoms with Crippen LogP contribution in [0, 0.1) is 5.92 Å². The second-order valence-corrected chi connectivity index (χ2v) is 7.80. The summed E-state index contributed by atoms with van der Waals surface area (Å²) >= 11 is 0. The quantitative estimate of drug-likeness (QED) is 0.712. The van der Waals surface area contributed by atoms with Crippen molar-refractivity contribution in [1.82, 2.24) is 20.4 Å². The molecule has 0 saturated carbocycles. The Balaban J connectivity index is 0.00000225. The number of carbonyl (C=O) groups is 1. The highest BCUT2D eigenvalue weighted by molar-refractivity contribution is 5.85. The first-order valence-corrected chi connectivity index (χ1v) is 10.00. The second kappa shape index (κ2) is 9.54. The monoisotopic (exact) mass is 404 g/mol. The average Bonchev–Trinajstić information content (AvgIpc) is 3.10. The van der Waals surface area contributed by atoms with Gasteiger partial charge in [0, 0.05) is 17.0 Å². The van der Waals surface area contributed by atoms with Gasteiger partial charge in [0.1, 0.15) is 0 Å². The molecular weight excluding hydrogens is 376 g/mol. The van der Waals surface area contributed by atoms with Crippen LogP contribution >= 0.6 is 12.4 Å². The zero-order valence-corrected chi connectivity index (χ0v) is 16.9. The van der Waals surface area contributed by atoms with Crippen LogP contribution in [0.15, 0.2) is 24.3 Å². The molecule has 2 aliphatic rings. The number of carboxylic acid groups (broad SMARTS) is 1. The number of rotatable bonds is 5. The van der Waals surface area contributed by atoms with Gasteiger partial charge < -0.3 is 10.4 Å². The number of carboxylic acids is 1. The van der Waals surface area contributed by atoms with E-state index in [0.29, 0.717) is 11.8 Å². The number of benzene rings is 1. The summed E-state index contributed by atoms with van der Waals surface area (Å²) in [4.78, 5) is 12.9. The predicted octanol–water partition coefficient (Wildman–Crippen LogP) is 3.26. The number of hydrogen-bond acceptors (Lipinski definition) is 4. The molecule has 2 aromatic rings. The lowest BCUT2D eigenvalue weighted by atomic mass is 9.91. The number of nitrogens with one attached hydrogen (secondary N) is 2. The Morgan fingerprint density at radius 2 is 1.96 bits per heavy atom. The van der Waals surface area contributed by atoms with Crippen LogP contribution in [0.2, 0.25) is 0 Å². The number of aromatic nitrogens is 2. The van der Waals surface area contributed by atoms with Crippen LogP contribution in [0.4, 0.5) is 0 Å². The van der Waals surface area contributed by atoms with Gasteiger partial charge in [0.25, 0.3) is 0 Å². The van der Waals surface area contributed by atoms with Gasteiger partial charge in [-0.2, -0.15) is 5.10 Å². The molecule has 0 spiro atoms. The van der Waals surface area contributed by atoms with Gasteiger partial charge in [-0.1, -0.05) is 24.3 Å². The third kappa shape index (κ3) is 4.93. The van der Waals surface area contributed by atoms with Crippen molar-refractivity contribution >= 4 is 35.4 Å². The van der Waals surface area contributed by atoms with E-state index in [0.717, 1.165) is 44.5 Å². The summed E-state index contributed by atoms with van der Waals surface area (Å²) < 4.78 is 0. The molecule has 2 aliphatic heterocycles. The SMILES string of the molecule is Cl.O=C(O)CN1CCC(c2[nH]nc3cc(C=CC4CCNCC4)ccc23)CC1. The van der Waals surface area contributed by atoms with Crippen LogP contribution in [-0.2, 0) is 4.79 Å². The van der Waals surface area contributed by atoms with Gasteiger partial charge in [0.15, 0.2) is 0 Å². The predicted molar refractivity (Wildman–Crippen MR) is 114 cm³/mol. The minimum absolute atomic E-state index is 0. The van der Waals surface area contributed by atoms with Crippen molar-refractivity contribution in [3.05, 3.63) is 35.5 Å². The molecule has 2 fully saturated rings. The molecule has 1 aromatic heterocycles. The third-order valence-electron chi connectivity index (χ3n) is 5.91. The van der Waals surface area contributed by atoms with E-state index in [-0.39, 0.29) is 19.0 Å². The van der Waals surface area contributed by atoms with Gasteiger partial charge in [0.2, 0.25) is 0 Å². The van der Waals surface area contributed by atoms with Gasteiger partial charge in [-0.05, 0) is 69.4 Å². The minimum Gasteiger partial charge on any atom is -0.480 e. The standard InChI is InChI=1S/C21H28N4O2.ClH/c26-20(27)14-25-11-7-17(8-12-25)21-18-4-3-16(13-19(18)23-24-21)2-1-15-5-9-22-10-6-15;/h1-4,13,15,17,22H,5-12,14H2,(H,23,24)(H,26,27);1H. The Hall–Kier alpha value is -1.89. The topological polar surface area (TPSA) is 81.2 Å². The highest BCUT2D eigenvalue weighted by Crippen LogP contribution is 2.32. The number of halogens is 1. The van der Waals surface area contributed by atoms with Gasteiger partial charge in [-0.3, -0.25) is 14.8 Å². The molecule has 0 atom stereocenters. The molecule has 0 aliphatic carbocycles. The second-order valence-electron chi connectivity index (χ2n) is 7.80. The number of allylic oxidation sites excluding steroid dienone is 1. The zero-order chi connectivity index (χ0) is 18.6. The van der Waals surface area contributed by atoms with Gasteiger partial charge in [-0.25, -0.2) is 0 Å². The Morgan fingerprint density at radius 3 is 2.68 bits per heavy atom. The normalized spacial score (nSPS) is 19.9. The molecule has 4 rings (SSSR count). The fraction of sp³-hybridized carbons (Fsp3) is 0.524. The third-order valence-corrected chi connectivity index (χ3v) is 5.91. The summed E-state index contributed by atoms with van der Waals surface area (Å²) in [5, 5.41) is 21.3. The average molecular weight is 405 g/mol. The lowest BCUT2D eigenvalue weighted by molar-refractivity contribution is -0.138. The van der Waals surface area contributed by atoms with Crippen molar-refractivity contribution in [2.45, 2.75) is 31.6 Å². The Morgan fingerprint density at radius 1 is 1.21 bits per heavy atom. The number of fused-ring (bicyclic) bond motifs is 1. The van der Waals surface area contributed by atoms with Crippen LogP contribution in [0.1, 0.15) is 42.9 Å². The van der Waals surface area contributed by atoms with Crippen LogP contribution in [0.5, 0.6) is 0 Å². The first kappa shape index (κ1) is 20.8. The molecule has 0 amide bonds. The zero-order valence-electron chi connectivity index (χ0n) is 16.1. The Kier molecular flexibility index (Phi) is 7.10. The summed E-state index contributed by atoms with van der Waals surface area (Å²) in [5.41, 5.74) is 3.43. The fourth-order valence-electron chi connectivity index (χ4n) is 4.32. The van der Waals surface area contributed by atoms with E-state index in [9.17, 15) is 4.79 Å². The van der Waals surface area contributed by atoms with E-state index in [4.69, 9.17) is 5.11 Å². The number of aliphatic carboxylic acids is 1. The maximum Gasteiger partial charge on any atom is 0.317 e. The minimum atomic E-state index is -0.745. The summed E-state index contributed by atoms with van der Waals surface area (Å²) in [7, 11) is 0. The molecule has 3 N–H and O–H groups in total. The van der Waals surface area contributed by atoms with E-state index in [2.05, 4.69) is 45.9 Å². The molecule has 0 bridgehead atoms. The van der Waals surface area contributed by atoms with Gasteiger partial charge in [-0.15, -0.1) is 12.4 Å². The summed E-state index contributed by atoms with van der Waals surface area (Å²) in [6, 6.07) is 6.52. The summed E-state index contributed by atoms with van der Waals surface area (Å²) in [6.45, 7) is 4.02. The summed E-state index contributed by atoms with van der Waals surface area (Å²) in [6.07, 6.45) is 8.95. The molecule has 6 nitrogen and oxygen atoms in total. The molecule has 152 valence electrons. The van der Waals surface area contributed by atoms with Gasteiger partial charge in [0.05, 0.1) is 12.1 Å². The molecule has 1 aromatic carbocycles. The lowest BCUT2D eigenvalue weighted by Crippen LogP contribution is -2.36. The largest absolute Gasteiger partial charge is 0.480 e. The maximum atomic E-state index is 10.9. The van der Waals surface area contributed by atoms with E-state index < -0.39 is 5.97 Å². The van der Waals surface area contributed by atoms with E-state index in [1.165, 1.54) is 29.5 Å². The maximum absolute atomic E-state index is 10.9. The molecular formula is C21H29ClN4O2. The molecule has 7 heteroatoms. The first-order chi connectivity index (χ1) is 13.2. The molecule has 3 heterocycles. The van der Waals surface area contributed by atoms with Crippen LogP contribution in [0.3, 0.4) is 0 Å². The Labute approximate surface area is 171 Å². The van der Waals surface area contributed by atoms with E-state index in [1.807, 2.05) is 4.90 Å². The smallest absolute Gasteiger partial charge is 0.317 e. The van der Waals surface area contributed by atoms with E-state index in [1.54, 1.807) is 0 Å². The highest BCUT2D eigenvalue weighted by Gasteiger charge is 2.24. The number of piperidine rings is 2. The van der Waals surface area contributed by atoms with Crippen molar-refractivity contribution in [3.63, 3.8) is 0 Å². The van der Waals surface area contributed by atoms with Crippen LogP contribution < -0.4 is 5.32 Å². The highest BCUT2D eigenvalue weighted by atomic mass is 35.5.